The van der Waals surface area contributed by atoms with Gasteiger partial charge in [-0.25, -0.2) is 8.42 Å². The van der Waals surface area contributed by atoms with Crippen molar-refractivity contribution in [3.63, 3.8) is 0 Å². The van der Waals surface area contributed by atoms with Gasteiger partial charge in [0, 0.05) is 20.6 Å². The van der Waals surface area contributed by atoms with Crippen LogP contribution in [0.2, 0.25) is 0 Å². The van der Waals surface area contributed by atoms with E-state index in [0.717, 1.165) is 0 Å². The SMILES string of the molecule is COc1ccc(C=C(C#N)S(=O)(=O)c2cc(Br)ccc2Br)c(OC)c1. The first-order valence-electron chi connectivity index (χ1n) is 6.87. The van der Waals surface area contributed by atoms with E-state index in [1.54, 1.807) is 36.4 Å². The maximum atomic E-state index is 12.9. The van der Waals surface area contributed by atoms with Crippen LogP contribution in [0.25, 0.3) is 6.08 Å². The fraction of sp³-hybridized carbons (Fsp3) is 0.118. The highest BCUT2D eigenvalue weighted by Gasteiger charge is 2.24. The number of nitriles is 1. The van der Waals surface area contributed by atoms with Crippen LogP contribution in [0.4, 0.5) is 0 Å². The lowest BCUT2D eigenvalue weighted by molar-refractivity contribution is 0.394. The monoisotopic (exact) mass is 485 g/mol. The van der Waals surface area contributed by atoms with Gasteiger partial charge in [-0.2, -0.15) is 5.26 Å². The third kappa shape index (κ3) is 4.24. The summed E-state index contributed by atoms with van der Waals surface area (Å²) in [5, 5.41) is 9.42. The molecular weight excluding hydrogens is 474 g/mol. The maximum Gasteiger partial charge on any atom is 0.217 e. The summed E-state index contributed by atoms with van der Waals surface area (Å²) in [6.45, 7) is 0. The fourth-order valence-corrected chi connectivity index (χ4v) is 4.70. The molecule has 8 heteroatoms. The molecule has 0 aliphatic rings. The average Bonchev–Trinajstić information content (AvgIpc) is 2.61. The molecule has 0 spiro atoms. The summed E-state index contributed by atoms with van der Waals surface area (Å²) < 4.78 is 37.0. The van der Waals surface area contributed by atoms with E-state index in [1.807, 2.05) is 0 Å². The maximum absolute atomic E-state index is 12.9. The van der Waals surface area contributed by atoms with E-state index in [0.29, 0.717) is 26.0 Å². The second kappa shape index (κ2) is 8.04. The van der Waals surface area contributed by atoms with Gasteiger partial charge in [0.25, 0.3) is 0 Å². The third-order valence-corrected chi connectivity index (χ3v) is 6.46. The summed E-state index contributed by atoms with van der Waals surface area (Å²) in [6.07, 6.45) is 1.28. The van der Waals surface area contributed by atoms with Crippen LogP contribution in [-0.2, 0) is 9.84 Å². The van der Waals surface area contributed by atoms with E-state index in [9.17, 15) is 13.7 Å². The van der Waals surface area contributed by atoms with Crippen molar-refractivity contribution in [1.82, 2.24) is 0 Å². The lowest BCUT2D eigenvalue weighted by Crippen LogP contribution is -2.05. The van der Waals surface area contributed by atoms with Crippen molar-refractivity contribution in [2.75, 3.05) is 14.2 Å². The van der Waals surface area contributed by atoms with Crippen LogP contribution in [0.1, 0.15) is 5.56 Å². The molecule has 5 nitrogen and oxygen atoms in total. The lowest BCUT2D eigenvalue weighted by Gasteiger charge is -2.09. The van der Waals surface area contributed by atoms with Gasteiger partial charge in [0.05, 0.1) is 19.1 Å². The minimum atomic E-state index is -4.01. The first-order valence-corrected chi connectivity index (χ1v) is 9.94. The van der Waals surface area contributed by atoms with Crippen LogP contribution in [0.3, 0.4) is 0 Å². The number of benzene rings is 2. The van der Waals surface area contributed by atoms with Crippen molar-refractivity contribution in [1.29, 1.82) is 5.26 Å². The molecule has 2 aromatic rings. The molecule has 0 aliphatic carbocycles. The molecular formula is C17H13Br2NO4S. The lowest BCUT2D eigenvalue weighted by atomic mass is 10.2. The summed E-state index contributed by atoms with van der Waals surface area (Å²) in [5.41, 5.74) is 0.453. The summed E-state index contributed by atoms with van der Waals surface area (Å²) >= 11 is 6.46. The van der Waals surface area contributed by atoms with E-state index in [2.05, 4.69) is 31.9 Å². The molecule has 0 atom stereocenters. The number of methoxy groups -OCH3 is 2. The van der Waals surface area contributed by atoms with Crippen molar-refractivity contribution in [2.24, 2.45) is 0 Å². The Bertz CT molecular complexity index is 979. The Labute approximate surface area is 163 Å². The summed E-state index contributed by atoms with van der Waals surface area (Å²) in [7, 11) is -1.04. The predicted molar refractivity (Wildman–Crippen MR) is 102 cm³/mol. The molecule has 0 N–H and O–H groups in total. The number of hydrogen-bond donors (Lipinski definition) is 0. The standard InChI is InChI=1S/C17H13Br2NO4S/c1-23-13-5-3-11(16(9-13)24-2)7-14(10-20)25(21,22)17-8-12(18)4-6-15(17)19/h3-9H,1-2H3. The Morgan fingerprint density at radius 2 is 1.84 bits per heavy atom. The average molecular weight is 487 g/mol. The Morgan fingerprint density at radius 3 is 2.44 bits per heavy atom. The van der Waals surface area contributed by atoms with E-state index in [1.165, 1.54) is 26.4 Å². The molecule has 0 amide bonds. The zero-order valence-electron chi connectivity index (χ0n) is 13.3. The quantitative estimate of drug-likeness (QED) is 0.578. The summed E-state index contributed by atoms with van der Waals surface area (Å²) in [5.74, 6) is 0.959. The highest BCUT2D eigenvalue weighted by Crippen LogP contribution is 2.32. The Balaban J connectivity index is 2.61. The van der Waals surface area contributed by atoms with E-state index in [-0.39, 0.29) is 4.90 Å². The minimum absolute atomic E-state index is 0.00199. The number of nitrogens with zero attached hydrogens (tertiary/aromatic N) is 1. The molecule has 2 aromatic carbocycles. The van der Waals surface area contributed by atoms with Crippen LogP contribution < -0.4 is 9.47 Å². The highest BCUT2D eigenvalue weighted by atomic mass is 79.9. The number of ether oxygens (including phenoxy) is 2. The van der Waals surface area contributed by atoms with Crippen molar-refractivity contribution in [3.8, 4) is 17.6 Å². The molecule has 0 saturated carbocycles. The molecule has 25 heavy (non-hydrogen) atoms. The van der Waals surface area contributed by atoms with Gasteiger partial charge in [-0.15, -0.1) is 0 Å². The first kappa shape index (κ1) is 19.5. The molecule has 0 saturated heterocycles. The molecule has 0 fully saturated rings. The van der Waals surface area contributed by atoms with Crippen LogP contribution >= 0.6 is 31.9 Å². The van der Waals surface area contributed by atoms with Gasteiger partial charge in [-0.1, -0.05) is 15.9 Å². The predicted octanol–water partition coefficient (Wildman–Crippen LogP) is 4.57. The van der Waals surface area contributed by atoms with Gasteiger partial charge >= 0.3 is 0 Å². The van der Waals surface area contributed by atoms with Crippen molar-refractivity contribution in [3.05, 3.63) is 55.8 Å². The molecule has 0 aliphatic heterocycles. The molecule has 0 aromatic heterocycles. The van der Waals surface area contributed by atoms with Gasteiger partial charge in [0.2, 0.25) is 9.84 Å². The minimum Gasteiger partial charge on any atom is -0.497 e. The normalized spacial score (nSPS) is 11.7. The third-order valence-electron chi connectivity index (χ3n) is 3.31. The molecule has 2 rings (SSSR count). The molecule has 0 radical (unpaired) electrons. The van der Waals surface area contributed by atoms with Gasteiger partial charge in [-0.3, -0.25) is 0 Å². The van der Waals surface area contributed by atoms with Gasteiger partial charge in [-0.05, 0) is 52.3 Å². The molecule has 130 valence electrons. The zero-order valence-corrected chi connectivity index (χ0v) is 17.3. The zero-order chi connectivity index (χ0) is 18.6. The molecule has 0 bridgehead atoms. The van der Waals surface area contributed by atoms with Crippen LogP contribution in [0.5, 0.6) is 11.5 Å². The second-order valence-corrected chi connectivity index (χ2v) is 8.46. The first-order chi connectivity index (χ1) is 11.8. The van der Waals surface area contributed by atoms with E-state index in [4.69, 9.17) is 9.47 Å². The van der Waals surface area contributed by atoms with E-state index >= 15 is 0 Å². The fourth-order valence-electron chi connectivity index (χ4n) is 2.05. The van der Waals surface area contributed by atoms with Gasteiger partial charge in [0.1, 0.15) is 22.5 Å². The largest absolute Gasteiger partial charge is 0.497 e. The number of halogens is 2. The number of sulfone groups is 1. The molecule has 0 unspecified atom stereocenters. The number of allylic oxidation sites excluding steroid dienone is 1. The van der Waals surface area contributed by atoms with Gasteiger partial charge in [0.15, 0.2) is 0 Å². The van der Waals surface area contributed by atoms with Crippen molar-refractivity contribution >= 4 is 47.8 Å². The van der Waals surface area contributed by atoms with Crippen LogP contribution in [0.15, 0.2) is 55.1 Å². The Hall–Kier alpha value is -1.82. The number of hydrogen-bond acceptors (Lipinski definition) is 5. The Morgan fingerprint density at radius 1 is 1.12 bits per heavy atom. The topological polar surface area (TPSA) is 76.4 Å². The van der Waals surface area contributed by atoms with Crippen LogP contribution in [0, 0.1) is 11.3 Å². The summed E-state index contributed by atoms with van der Waals surface area (Å²) in [6, 6.07) is 11.4. The smallest absolute Gasteiger partial charge is 0.217 e. The Kier molecular flexibility index (Phi) is 6.27. The van der Waals surface area contributed by atoms with E-state index < -0.39 is 14.7 Å². The second-order valence-electron chi connectivity index (χ2n) is 4.81. The van der Waals surface area contributed by atoms with Crippen molar-refractivity contribution < 1.29 is 17.9 Å². The summed E-state index contributed by atoms with van der Waals surface area (Å²) in [4.78, 5) is -0.392. The van der Waals surface area contributed by atoms with Crippen molar-refractivity contribution in [2.45, 2.75) is 4.90 Å². The highest BCUT2D eigenvalue weighted by molar-refractivity contribution is 9.11. The molecule has 0 heterocycles. The van der Waals surface area contributed by atoms with Gasteiger partial charge < -0.3 is 9.47 Å². The number of rotatable bonds is 5. The van der Waals surface area contributed by atoms with Crippen LogP contribution in [-0.4, -0.2) is 22.6 Å².